The molecule has 2 aromatic heterocycles. The zero-order valence-electron chi connectivity index (χ0n) is 34.2. The van der Waals surface area contributed by atoms with Gasteiger partial charge in [-0.1, -0.05) is 206 Å². The smallest absolute Gasteiger partial charge is 0.0722 e. The summed E-state index contributed by atoms with van der Waals surface area (Å²) >= 11 is 0. The third-order valence-corrected chi connectivity index (χ3v) is 12.2. The summed E-state index contributed by atoms with van der Waals surface area (Å²) in [6.07, 6.45) is 6.72. The lowest BCUT2D eigenvalue weighted by Gasteiger charge is -2.19. The summed E-state index contributed by atoms with van der Waals surface area (Å²) in [5.74, 6) is 0. The van der Waals surface area contributed by atoms with Crippen LogP contribution in [0, 0.1) is 0 Å². The van der Waals surface area contributed by atoms with Gasteiger partial charge in [-0.3, -0.25) is 0 Å². The third kappa shape index (κ3) is 7.23. The van der Waals surface area contributed by atoms with Crippen LogP contribution in [0.25, 0.3) is 100.0 Å². The van der Waals surface area contributed by atoms with Crippen molar-refractivity contribution >= 4 is 32.8 Å². The second-order valence-electron chi connectivity index (χ2n) is 16.0. The van der Waals surface area contributed by atoms with Crippen LogP contribution in [0.1, 0.15) is 24.0 Å². The van der Waals surface area contributed by atoms with Crippen LogP contribution in [0.3, 0.4) is 0 Å². The first-order valence-corrected chi connectivity index (χ1v) is 21.4. The molecule has 11 rings (SSSR count). The minimum Gasteiger partial charge on any atom is -0.248 e. The van der Waals surface area contributed by atoms with Crippen LogP contribution < -0.4 is 0 Å². The quantitative estimate of drug-likeness (QED) is 0.143. The van der Waals surface area contributed by atoms with Crippen molar-refractivity contribution in [3.8, 4) is 67.2 Å². The van der Waals surface area contributed by atoms with Crippen molar-refractivity contribution < 1.29 is 0 Å². The van der Waals surface area contributed by atoms with Gasteiger partial charge in [-0.2, -0.15) is 0 Å². The summed E-state index contributed by atoms with van der Waals surface area (Å²) in [7, 11) is 0. The van der Waals surface area contributed by atoms with Crippen LogP contribution in [0.2, 0.25) is 0 Å². The molecule has 10 aromatic rings. The van der Waals surface area contributed by atoms with Gasteiger partial charge in [0.05, 0.1) is 22.6 Å². The van der Waals surface area contributed by atoms with Crippen molar-refractivity contribution in [3.63, 3.8) is 0 Å². The van der Waals surface area contributed by atoms with Crippen LogP contribution >= 0.6 is 0 Å². The Bertz CT molecular complexity index is 3180. The van der Waals surface area contributed by atoms with E-state index in [0.29, 0.717) is 0 Å². The lowest BCUT2D eigenvalue weighted by Crippen LogP contribution is -1.97. The molecule has 2 heteroatoms. The lowest BCUT2D eigenvalue weighted by molar-refractivity contribution is 1.06. The van der Waals surface area contributed by atoms with Gasteiger partial charge in [-0.05, 0) is 104 Å². The number of allylic oxidation sites excluding steroid dienone is 4. The van der Waals surface area contributed by atoms with Gasteiger partial charge in [-0.25, -0.2) is 9.97 Å². The lowest BCUT2D eigenvalue weighted by atomic mass is 9.86. The molecule has 8 aromatic carbocycles. The molecule has 0 spiro atoms. The summed E-state index contributed by atoms with van der Waals surface area (Å²) in [5.41, 5.74) is 19.3. The molecule has 0 fully saturated rings. The highest BCUT2D eigenvalue weighted by Gasteiger charge is 2.18. The van der Waals surface area contributed by atoms with E-state index in [1.807, 2.05) is 0 Å². The number of pyridine rings is 2. The molecule has 0 saturated heterocycles. The molecule has 2 nitrogen and oxygen atoms in total. The molecule has 1 aliphatic carbocycles. The molecule has 0 N–H and O–H groups in total. The molecule has 0 unspecified atom stereocenters. The molecule has 2 heterocycles. The maximum Gasteiger partial charge on any atom is 0.0722 e. The normalized spacial score (nSPS) is 12.6. The Morgan fingerprint density at radius 3 is 1.39 bits per heavy atom. The van der Waals surface area contributed by atoms with Gasteiger partial charge in [0.2, 0.25) is 0 Å². The molecule has 0 bridgehead atoms. The first-order chi connectivity index (χ1) is 30.7. The van der Waals surface area contributed by atoms with E-state index in [2.05, 4.69) is 231 Å². The van der Waals surface area contributed by atoms with Gasteiger partial charge < -0.3 is 0 Å². The number of hydrogen-bond acceptors (Lipinski definition) is 2. The van der Waals surface area contributed by atoms with E-state index in [4.69, 9.17) is 9.97 Å². The topological polar surface area (TPSA) is 25.8 Å². The Balaban J connectivity index is 1.02. The van der Waals surface area contributed by atoms with Crippen LogP contribution in [0.15, 0.2) is 231 Å². The highest BCUT2D eigenvalue weighted by molar-refractivity contribution is 6.16. The standard InChI is InChI=1S/C60H42N2/c1-5-15-41(16-6-1)43-27-31-47(32-28-43)57-38-51(39-58(62-57)48-33-29-44(30-34-48)42-17-7-2-8-18-42)49-23-13-24-50(37-49)52-25-14-26-54-53(52)35-36-56-60(54)55(45-19-9-3-10-20-45)40-59(61-56)46-21-11-4-12-22-46/h1-12,14-23,25-40H,13,24H2. The van der Waals surface area contributed by atoms with Crippen molar-refractivity contribution in [2.75, 3.05) is 0 Å². The Labute approximate surface area is 362 Å². The van der Waals surface area contributed by atoms with Crippen molar-refractivity contribution in [1.82, 2.24) is 9.97 Å². The second kappa shape index (κ2) is 16.3. The highest BCUT2D eigenvalue weighted by Crippen LogP contribution is 2.41. The maximum atomic E-state index is 5.33. The van der Waals surface area contributed by atoms with Crippen molar-refractivity contribution in [1.29, 1.82) is 0 Å². The first kappa shape index (κ1) is 37.1. The van der Waals surface area contributed by atoms with E-state index >= 15 is 0 Å². The Hall–Kier alpha value is -7.94. The predicted octanol–water partition coefficient (Wildman–Crippen LogP) is 16.0. The molecule has 0 saturated carbocycles. The van der Waals surface area contributed by atoms with E-state index in [1.165, 1.54) is 66.2 Å². The number of fused-ring (bicyclic) bond motifs is 3. The molecular weight excluding hydrogens is 749 g/mol. The first-order valence-electron chi connectivity index (χ1n) is 21.4. The van der Waals surface area contributed by atoms with E-state index < -0.39 is 0 Å². The van der Waals surface area contributed by atoms with Crippen molar-refractivity contribution in [2.24, 2.45) is 0 Å². The van der Waals surface area contributed by atoms with Crippen LogP contribution in [0.4, 0.5) is 0 Å². The maximum absolute atomic E-state index is 5.33. The fourth-order valence-corrected chi connectivity index (χ4v) is 9.01. The minimum atomic E-state index is 0.951. The zero-order valence-corrected chi connectivity index (χ0v) is 34.2. The Morgan fingerprint density at radius 2 is 0.806 bits per heavy atom. The van der Waals surface area contributed by atoms with E-state index in [1.54, 1.807) is 0 Å². The monoisotopic (exact) mass is 790 g/mol. The largest absolute Gasteiger partial charge is 0.248 e. The van der Waals surface area contributed by atoms with Crippen LogP contribution in [0.5, 0.6) is 0 Å². The average Bonchev–Trinajstić information content (AvgIpc) is 3.37. The minimum absolute atomic E-state index is 0.951. The summed E-state index contributed by atoms with van der Waals surface area (Å²) < 4.78 is 0. The second-order valence-corrected chi connectivity index (χ2v) is 16.0. The number of aromatic nitrogens is 2. The molecule has 0 atom stereocenters. The molecule has 1 aliphatic rings. The van der Waals surface area contributed by atoms with Crippen LogP contribution in [-0.4, -0.2) is 9.97 Å². The van der Waals surface area contributed by atoms with E-state index in [9.17, 15) is 0 Å². The molecule has 0 amide bonds. The van der Waals surface area contributed by atoms with Crippen molar-refractivity contribution in [3.05, 3.63) is 242 Å². The van der Waals surface area contributed by atoms with E-state index in [-0.39, 0.29) is 0 Å². The molecule has 0 aliphatic heterocycles. The summed E-state index contributed by atoms with van der Waals surface area (Å²) in [6, 6.07) is 78.0. The fourth-order valence-electron chi connectivity index (χ4n) is 9.01. The molecule has 292 valence electrons. The number of nitrogens with zero attached hydrogens (tertiary/aromatic N) is 2. The summed E-state index contributed by atoms with van der Waals surface area (Å²) in [6.45, 7) is 0. The molecular formula is C60H42N2. The number of benzene rings is 8. The van der Waals surface area contributed by atoms with Gasteiger partial charge in [0.15, 0.2) is 0 Å². The summed E-state index contributed by atoms with van der Waals surface area (Å²) in [5, 5.41) is 3.64. The highest BCUT2D eigenvalue weighted by atomic mass is 14.7. The van der Waals surface area contributed by atoms with Gasteiger partial charge >= 0.3 is 0 Å². The number of rotatable bonds is 8. The van der Waals surface area contributed by atoms with Crippen molar-refractivity contribution in [2.45, 2.75) is 12.8 Å². The van der Waals surface area contributed by atoms with Gasteiger partial charge in [0.1, 0.15) is 0 Å². The van der Waals surface area contributed by atoms with Gasteiger partial charge in [0.25, 0.3) is 0 Å². The molecule has 0 radical (unpaired) electrons. The van der Waals surface area contributed by atoms with Gasteiger partial charge in [0, 0.05) is 22.1 Å². The average molecular weight is 791 g/mol. The molecule has 62 heavy (non-hydrogen) atoms. The van der Waals surface area contributed by atoms with E-state index in [0.717, 1.165) is 57.7 Å². The third-order valence-electron chi connectivity index (χ3n) is 12.2. The SMILES string of the molecule is C1=C(c2cc(-c3ccc(-c4ccccc4)cc3)nc(-c3ccc(-c4ccccc4)cc3)c2)C=C(c2cccc3c2ccc2nc(-c4ccccc4)cc(-c4ccccc4)c23)CC1. The Morgan fingerprint density at radius 1 is 0.323 bits per heavy atom. The summed E-state index contributed by atoms with van der Waals surface area (Å²) in [4.78, 5) is 10.6. The van der Waals surface area contributed by atoms with Crippen LogP contribution in [-0.2, 0) is 0 Å². The zero-order chi connectivity index (χ0) is 41.2. The Kier molecular flexibility index (Phi) is 9.72. The fraction of sp³-hybridized carbons (Fsp3) is 0.0333. The number of hydrogen-bond donors (Lipinski definition) is 0. The predicted molar refractivity (Wildman–Crippen MR) is 261 cm³/mol. The van der Waals surface area contributed by atoms with Gasteiger partial charge in [-0.15, -0.1) is 0 Å².